The van der Waals surface area contributed by atoms with Crippen LogP contribution in [0.1, 0.15) is 37.4 Å². The van der Waals surface area contributed by atoms with Gasteiger partial charge in [0.25, 0.3) is 0 Å². The summed E-state index contributed by atoms with van der Waals surface area (Å²) >= 11 is 0. The summed E-state index contributed by atoms with van der Waals surface area (Å²) in [6.07, 6.45) is 4.11. The molecule has 1 aromatic carbocycles. The van der Waals surface area contributed by atoms with Gasteiger partial charge in [-0.3, -0.25) is 4.79 Å². The summed E-state index contributed by atoms with van der Waals surface area (Å²) in [4.78, 5) is 12.3. The molecule has 1 atom stereocenters. The first-order chi connectivity index (χ1) is 11.8. The monoisotopic (exact) mass is 364 g/mol. The molecule has 8 nitrogen and oxygen atoms in total. The molecule has 2 aromatic rings. The highest BCUT2D eigenvalue weighted by Gasteiger charge is 2.31. The van der Waals surface area contributed by atoms with Crippen molar-refractivity contribution in [3.63, 3.8) is 0 Å². The van der Waals surface area contributed by atoms with E-state index in [0.717, 1.165) is 43.7 Å². The number of carbonyl (C=O) groups is 1. The molecular weight excluding hydrogens is 344 g/mol. The Bertz CT molecular complexity index is 755. The Kier molecular flexibility index (Phi) is 5.19. The van der Waals surface area contributed by atoms with Gasteiger partial charge in [-0.1, -0.05) is 0 Å². The average molecular weight is 365 g/mol. The molecule has 1 saturated carbocycles. The van der Waals surface area contributed by atoms with E-state index in [0.29, 0.717) is 17.4 Å². The average Bonchev–Trinajstić information content (AvgIpc) is 3.11. The molecular formula is C16H21ClN6O2. The molecule has 2 N–H and O–H groups in total. The van der Waals surface area contributed by atoms with Crippen LogP contribution in [-0.2, 0) is 4.79 Å². The van der Waals surface area contributed by atoms with E-state index in [1.165, 1.54) is 0 Å². The predicted molar refractivity (Wildman–Crippen MR) is 94.6 cm³/mol. The van der Waals surface area contributed by atoms with E-state index in [-0.39, 0.29) is 24.4 Å². The molecule has 9 heteroatoms. The zero-order valence-corrected chi connectivity index (χ0v) is 14.8. The van der Waals surface area contributed by atoms with E-state index in [4.69, 9.17) is 4.74 Å². The summed E-state index contributed by atoms with van der Waals surface area (Å²) in [5, 5.41) is 18.2. The highest BCUT2D eigenvalue weighted by molar-refractivity contribution is 5.95. The van der Waals surface area contributed by atoms with Crippen molar-refractivity contribution in [1.82, 2.24) is 25.5 Å². The number of ether oxygens (including phenoxy) is 1. The van der Waals surface area contributed by atoms with Gasteiger partial charge in [0.15, 0.2) is 5.82 Å². The highest BCUT2D eigenvalue weighted by atomic mass is 35.5. The minimum atomic E-state index is -0.120. The number of halogens is 1. The molecule has 0 spiro atoms. The number of hydrogen-bond acceptors (Lipinski definition) is 6. The number of benzene rings is 1. The SMILES string of the molecule is COc1ccc(NC(=O)C2CCCN2)cc1-n1nnnc1C1CC1.Cl. The van der Waals surface area contributed by atoms with Crippen LogP contribution in [0.3, 0.4) is 0 Å². The third kappa shape index (κ3) is 3.59. The molecule has 134 valence electrons. The van der Waals surface area contributed by atoms with E-state index in [1.54, 1.807) is 11.8 Å². The summed E-state index contributed by atoms with van der Waals surface area (Å²) in [5.41, 5.74) is 1.45. The van der Waals surface area contributed by atoms with Crippen molar-refractivity contribution < 1.29 is 9.53 Å². The molecule has 1 unspecified atom stereocenters. The zero-order chi connectivity index (χ0) is 16.5. The Morgan fingerprint density at radius 1 is 1.36 bits per heavy atom. The van der Waals surface area contributed by atoms with Crippen molar-refractivity contribution in [2.45, 2.75) is 37.6 Å². The lowest BCUT2D eigenvalue weighted by atomic mass is 10.2. The Hall–Kier alpha value is -2.19. The van der Waals surface area contributed by atoms with Gasteiger partial charge in [0.1, 0.15) is 11.4 Å². The topological polar surface area (TPSA) is 94.0 Å². The van der Waals surface area contributed by atoms with Crippen LogP contribution >= 0.6 is 12.4 Å². The van der Waals surface area contributed by atoms with Crippen LogP contribution in [0.2, 0.25) is 0 Å². The fourth-order valence-corrected chi connectivity index (χ4v) is 3.03. The number of amides is 1. The van der Waals surface area contributed by atoms with Gasteiger partial charge in [0.05, 0.1) is 13.2 Å². The van der Waals surface area contributed by atoms with Gasteiger partial charge >= 0.3 is 0 Å². The second kappa shape index (κ2) is 7.37. The Morgan fingerprint density at radius 3 is 2.88 bits per heavy atom. The summed E-state index contributed by atoms with van der Waals surface area (Å²) in [6, 6.07) is 5.39. The molecule has 1 aliphatic heterocycles. The molecule has 25 heavy (non-hydrogen) atoms. The normalized spacial score (nSPS) is 19.3. The predicted octanol–water partition coefficient (Wildman–Crippen LogP) is 1.66. The van der Waals surface area contributed by atoms with Crippen molar-refractivity contribution in [2.75, 3.05) is 19.0 Å². The van der Waals surface area contributed by atoms with Crippen molar-refractivity contribution in [3.05, 3.63) is 24.0 Å². The van der Waals surface area contributed by atoms with Crippen LogP contribution in [0.4, 0.5) is 5.69 Å². The number of nitrogens with zero attached hydrogens (tertiary/aromatic N) is 4. The quantitative estimate of drug-likeness (QED) is 0.838. The number of aromatic nitrogens is 4. The molecule has 0 bridgehead atoms. The Labute approximate surface area is 151 Å². The number of nitrogens with one attached hydrogen (secondary N) is 2. The molecule has 0 radical (unpaired) electrons. The van der Waals surface area contributed by atoms with E-state index in [1.807, 2.05) is 18.2 Å². The van der Waals surface area contributed by atoms with Gasteiger partial charge in [-0.25, -0.2) is 0 Å². The van der Waals surface area contributed by atoms with Gasteiger partial charge in [0, 0.05) is 11.6 Å². The third-order valence-electron chi connectivity index (χ3n) is 4.49. The third-order valence-corrected chi connectivity index (χ3v) is 4.49. The molecule has 1 aromatic heterocycles. The smallest absolute Gasteiger partial charge is 0.241 e. The Balaban J connectivity index is 0.00000182. The largest absolute Gasteiger partial charge is 0.494 e. The number of anilines is 1. The fraction of sp³-hybridized carbons (Fsp3) is 0.500. The maximum Gasteiger partial charge on any atom is 0.241 e. The fourth-order valence-electron chi connectivity index (χ4n) is 3.03. The summed E-state index contributed by atoms with van der Waals surface area (Å²) in [7, 11) is 1.61. The van der Waals surface area contributed by atoms with E-state index in [9.17, 15) is 4.79 Å². The lowest BCUT2D eigenvalue weighted by Gasteiger charge is -2.14. The maximum atomic E-state index is 12.3. The van der Waals surface area contributed by atoms with Crippen molar-refractivity contribution in [1.29, 1.82) is 0 Å². The van der Waals surface area contributed by atoms with Crippen LogP contribution in [0.5, 0.6) is 5.75 Å². The van der Waals surface area contributed by atoms with E-state index < -0.39 is 0 Å². The Morgan fingerprint density at radius 2 is 2.20 bits per heavy atom. The number of methoxy groups -OCH3 is 1. The van der Waals surface area contributed by atoms with Crippen molar-refractivity contribution in [3.8, 4) is 11.4 Å². The van der Waals surface area contributed by atoms with Gasteiger partial charge in [-0.2, -0.15) is 4.68 Å². The molecule has 1 amide bonds. The van der Waals surface area contributed by atoms with Crippen LogP contribution in [0, 0.1) is 0 Å². The summed E-state index contributed by atoms with van der Waals surface area (Å²) in [5.74, 6) is 1.91. The number of carbonyl (C=O) groups excluding carboxylic acids is 1. The standard InChI is InChI=1S/C16H20N6O2.ClH/c1-24-14-7-6-11(18-16(23)12-3-2-8-17-12)9-13(14)22-15(10-4-5-10)19-20-21-22;/h6-7,9-10,12,17H,2-5,8H2,1H3,(H,18,23);1H. The second-order valence-electron chi connectivity index (χ2n) is 6.25. The maximum absolute atomic E-state index is 12.3. The minimum absolute atomic E-state index is 0. The molecule has 1 saturated heterocycles. The van der Waals surface area contributed by atoms with Gasteiger partial charge < -0.3 is 15.4 Å². The molecule has 4 rings (SSSR count). The zero-order valence-electron chi connectivity index (χ0n) is 13.9. The van der Waals surface area contributed by atoms with Crippen molar-refractivity contribution >= 4 is 24.0 Å². The first-order valence-corrected chi connectivity index (χ1v) is 8.27. The van der Waals surface area contributed by atoms with Crippen LogP contribution in [-0.4, -0.2) is 45.8 Å². The molecule has 2 aliphatic rings. The van der Waals surface area contributed by atoms with Gasteiger partial charge in [-0.05, 0) is 60.9 Å². The number of tetrazole rings is 1. The first-order valence-electron chi connectivity index (χ1n) is 8.27. The summed E-state index contributed by atoms with van der Waals surface area (Å²) in [6.45, 7) is 0.890. The number of hydrogen-bond donors (Lipinski definition) is 2. The lowest BCUT2D eigenvalue weighted by molar-refractivity contribution is -0.117. The highest BCUT2D eigenvalue weighted by Crippen LogP contribution is 2.40. The summed E-state index contributed by atoms with van der Waals surface area (Å²) < 4.78 is 7.15. The number of rotatable bonds is 5. The molecule has 1 aliphatic carbocycles. The molecule has 2 fully saturated rings. The van der Waals surface area contributed by atoms with Crippen LogP contribution < -0.4 is 15.4 Å². The van der Waals surface area contributed by atoms with E-state index in [2.05, 4.69) is 26.2 Å². The van der Waals surface area contributed by atoms with Gasteiger partial charge in [0.2, 0.25) is 5.91 Å². The second-order valence-corrected chi connectivity index (χ2v) is 6.25. The van der Waals surface area contributed by atoms with Crippen LogP contribution in [0.25, 0.3) is 5.69 Å². The first kappa shape index (κ1) is 17.6. The minimum Gasteiger partial charge on any atom is -0.494 e. The lowest BCUT2D eigenvalue weighted by Crippen LogP contribution is -2.35. The van der Waals surface area contributed by atoms with Gasteiger partial charge in [-0.15, -0.1) is 17.5 Å². The van der Waals surface area contributed by atoms with E-state index >= 15 is 0 Å². The van der Waals surface area contributed by atoms with Crippen molar-refractivity contribution in [2.24, 2.45) is 0 Å². The van der Waals surface area contributed by atoms with Crippen LogP contribution in [0.15, 0.2) is 18.2 Å². The molecule has 2 heterocycles.